The van der Waals surface area contributed by atoms with Crippen LogP contribution in [0.2, 0.25) is 0 Å². The summed E-state index contributed by atoms with van der Waals surface area (Å²) in [6.45, 7) is 4.28. The predicted octanol–water partition coefficient (Wildman–Crippen LogP) is 2.26. The van der Waals surface area contributed by atoms with Crippen molar-refractivity contribution in [3.63, 3.8) is 0 Å². The van der Waals surface area contributed by atoms with E-state index in [9.17, 15) is 14.5 Å². The average molecular weight is 267 g/mol. The van der Waals surface area contributed by atoms with Gasteiger partial charge in [0.1, 0.15) is 5.69 Å². The lowest BCUT2D eigenvalue weighted by atomic mass is 10.1. The van der Waals surface area contributed by atoms with E-state index in [-0.39, 0.29) is 0 Å². The second-order valence-corrected chi connectivity index (χ2v) is 4.85. The van der Waals surface area contributed by atoms with Gasteiger partial charge in [-0.15, -0.1) is 0 Å². The molecule has 1 aromatic rings. The van der Waals surface area contributed by atoms with Crippen molar-refractivity contribution in [2.75, 3.05) is 31.6 Å². The van der Waals surface area contributed by atoms with Crippen LogP contribution in [-0.4, -0.2) is 42.5 Å². The van der Waals surface area contributed by atoms with Gasteiger partial charge in [-0.2, -0.15) is 4.39 Å². The quantitative estimate of drug-likeness (QED) is 0.622. The highest BCUT2D eigenvalue weighted by molar-refractivity contribution is 5.64. The molecule has 1 unspecified atom stereocenters. The lowest BCUT2D eigenvalue weighted by molar-refractivity contribution is -0.386. The summed E-state index contributed by atoms with van der Waals surface area (Å²) < 4.78 is 13.6. The topological polar surface area (TPSA) is 49.6 Å². The maximum absolute atomic E-state index is 13.6. The second-order valence-electron chi connectivity index (χ2n) is 4.85. The first kappa shape index (κ1) is 13.7. The van der Waals surface area contributed by atoms with Gasteiger partial charge in [-0.3, -0.25) is 15.0 Å². The molecular formula is C13H18FN3O2. The number of hydrogen-bond donors (Lipinski definition) is 0. The molecule has 1 atom stereocenters. The van der Waals surface area contributed by atoms with Gasteiger partial charge in [0.25, 0.3) is 0 Å². The van der Waals surface area contributed by atoms with E-state index in [0.29, 0.717) is 24.8 Å². The molecule has 0 aromatic heterocycles. The maximum atomic E-state index is 13.6. The van der Waals surface area contributed by atoms with Crippen molar-refractivity contribution in [2.45, 2.75) is 19.4 Å². The zero-order chi connectivity index (χ0) is 14.0. The van der Waals surface area contributed by atoms with Gasteiger partial charge >= 0.3 is 5.69 Å². The molecule has 1 aliphatic heterocycles. The van der Waals surface area contributed by atoms with Gasteiger partial charge in [-0.05, 0) is 25.6 Å². The predicted molar refractivity (Wildman–Crippen MR) is 72.0 cm³/mol. The summed E-state index contributed by atoms with van der Waals surface area (Å²) in [5.74, 6) is -0.769. The van der Waals surface area contributed by atoms with Crippen LogP contribution >= 0.6 is 0 Å². The van der Waals surface area contributed by atoms with Gasteiger partial charge in [-0.25, -0.2) is 0 Å². The molecule has 1 aromatic carbocycles. The number of anilines is 1. The molecule has 6 heteroatoms. The Labute approximate surface area is 111 Å². The fraction of sp³-hybridized carbons (Fsp3) is 0.538. The molecule has 0 bridgehead atoms. The van der Waals surface area contributed by atoms with Crippen LogP contribution in [0.5, 0.6) is 0 Å². The van der Waals surface area contributed by atoms with Crippen molar-refractivity contribution in [1.29, 1.82) is 0 Å². The van der Waals surface area contributed by atoms with E-state index in [2.05, 4.69) is 11.8 Å². The number of rotatable bonds is 3. The third kappa shape index (κ3) is 2.68. The molecule has 1 aliphatic rings. The van der Waals surface area contributed by atoms with Crippen LogP contribution in [-0.2, 0) is 0 Å². The Morgan fingerprint density at radius 1 is 1.47 bits per heavy atom. The number of para-hydroxylation sites is 1. The highest BCUT2D eigenvalue weighted by Crippen LogP contribution is 2.32. The Morgan fingerprint density at radius 2 is 2.21 bits per heavy atom. The maximum Gasteiger partial charge on any atom is 0.327 e. The molecule has 5 nitrogen and oxygen atoms in total. The van der Waals surface area contributed by atoms with Crippen LogP contribution in [0.1, 0.15) is 13.3 Å². The highest BCUT2D eigenvalue weighted by atomic mass is 19.1. The first-order valence-electron chi connectivity index (χ1n) is 6.42. The third-order valence-corrected chi connectivity index (χ3v) is 3.74. The summed E-state index contributed by atoms with van der Waals surface area (Å²) in [6, 6.07) is 4.63. The van der Waals surface area contributed by atoms with Crippen molar-refractivity contribution < 1.29 is 9.31 Å². The summed E-state index contributed by atoms with van der Waals surface area (Å²) in [4.78, 5) is 14.5. The first-order chi connectivity index (χ1) is 9.04. The SMILES string of the molecule is CCC1CN(c2cccc(F)c2[N+](=O)[O-])CCN1C. The molecule has 0 saturated carbocycles. The van der Waals surface area contributed by atoms with Crippen LogP contribution in [0.4, 0.5) is 15.8 Å². The largest absolute Gasteiger partial charge is 0.363 e. The molecule has 0 spiro atoms. The Bertz CT molecular complexity index is 481. The number of nitro benzene ring substituents is 1. The fourth-order valence-corrected chi connectivity index (χ4v) is 2.55. The van der Waals surface area contributed by atoms with Gasteiger partial charge in [0.05, 0.1) is 4.92 Å². The number of benzene rings is 1. The van der Waals surface area contributed by atoms with Gasteiger partial charge in [-0.1, -0.05) is 13.0 Å². The van der Waals surface area contributed by atoms with E-state index in [1.807, 2.05) is 11.9 Å². The highest BCUT2D eigenvalue weighted by Gasteiger charge is 2.29. The average Bonchev–Trinajstić information content (AvgIpc) is 2.38. The molecular weight excluding hydrogens is 249 g/mol. The molecule has 0 aliphatic carbocycles. The van der Waals surface area contributed by atoms with Gasteiger partial charge < -0.3 is 4.90 Å². The number of nitrogens with zero attached hydrogens (tertiary/aromatic N) is 3. The number of piperazine rings is 1. The van der Waals surface area contributed by atoms with E-state index in [1.54, 1.807) is 6.07 Å². The zero-order valence-corrected chi connectivity index (χ0v) is 11.2. The van der Waals surface area contributed by atoms with E-state index >= 15 is 0 Å². The van der Waals surface area contributed by atoms with Gasteiger partial charge in [0.15, 0.2) is 0 Å². The lowest BCUT2D eigenvalue weighted by Gasteiger charge is -2.40. The monoisotopic (exact) mass is 267 g/mol. The lowest BCUT2D eigenvalue weighted by Crippen LogP contribution is -2.51. The van der Waals surface area contributed by atoms with Crippen molar-refractivity contribution in [2.24, 2.45) is 0 Å². The molecule has 1 fully saturated rings. The zero-order valence-electron chi connectivity index (χ0n) is 11.2. The van der Waals surface area contributed by atoms with Crippen LogP contribution in [0.3, 0.4) is 0 Å². The minimum Gasteiger partial charge on any atom is -0.363 e. The van der Waals surface area contributed by atoms with Gasteiger partial charge in [0, 0.05) is 25.7 Å². The molecule has 0 N–H and O–H groups in total. The van der Waals surface area contributed by atoms with Gasteiger partial charge in [0.2, 0.25) is 5.82 Å². The first-order valence-corrected chi connectivity index (χ1v) is 6.42. The molecule has 0 amide bonds. The Balaban J connectivity index is 2.32. The van der Waals surface area contributed by atoms with Crippen molar-refractivity contribution >= 4 is 11.4 Å². The number of halogens is 1. The third-order valence-electron chi connectivity index (χ3n) is 3.74. The minimum atomic E-state index is -0.769. The number of likely N-dealkylation sites (N-methyl/N-ethyl adjacent to an activating group) is 1. The fourth-order valence-electron chi connectivity index (χ4n) is 2.55. The van der Waals surface area contributed by atoms with Crippen molar-refractivity contribution in [1.82, 2.24) is 4.90 Å². The number of hydrogen-bond acceptors (Lipinski definition) is 4. The minimum absolute atomic E-state index is 0.344. The summed E-state index contributed by atoms with van der Waals surface area (Å²) in [5, 5.41) is 11.0. The van der Waals surface area contributed by atoms with E-state index in [0.717, 1.165) is 19.0 Å². The standard InChI is InChI=1S/C13H18FN3O2/c1-3-10-9-16(8-7-15(10)2)12-6-4-5-11(14)13(12)17(18)19/h4-6,10H,3,7-9H2,1-2H3. The molecule has 2 rings (SSSR count). The molecule has 19 heavy (non-hydrogen) atoms. The van der Waals surface area contributed by atoms with E-state index in [4.69, 9.17) is 0 Å². The summed E-state index contributed by atoms with van der Waals surface area (Å²) in [6.07, 6.45) is 0.968. The molecule has 104 valence electrons. The van der Waals surface area contributed by atoms with E-state index < -0.39 is 16.4 Å². The van der Waals surface area contributed by atoms with Crippen molar-refractivity contribution in [3.8, 4) is 0 Å². The molecule has 1 saturated heterocycles. The smallest absolute Gasteiger partial charge is 0.327 e. The van der Waals surface area contributed by atoms with Crippen LogP contribution < -0.4 is 4.90 Å². The summed E-state index contributed by atoms with van der Waals surface area (Å²) in [7, 11) is 2.05. The molecule has 1 heterocycles. The van der Waals surface area contributed by atoms with Crippen LogP contribution in [0, 0.1) is 15.9 Å². The summed E-state index contributed by atoms with van der Waals surface area (Å²) in [5.41, 5.74) is -0.0292. The Morgan fingerprint density at radius 3 is 2.84 bits per heavy atom. The Kier molecular flexibility index (Phi) is 3.99. The van der Waals surface area contributed by atoms with E-state index in [1.165, 1.54) is 6.07 Å². The van der Waals surface area contributed by atoms with Crippen molar-refractivity contribution in [3.05, 3.63) is 34.1 Å². The number of nitro groups is 1. The second kappa shape index (κ2) is 5.52. The van der Waals surface area contributed by atoms with Crippen LogP contribution in [0.25, 0.3) is 0 Å². The molecule has 0 radical (unpaired) electrons. The normalized spacial score (nSPS) is 20.6. The Hall–Kier alpha value is -1.69. The van der Waals surface area contributed by atoms with Crippen LogP contribution in [0.15, 0.2) is 18.2 Å². The summed E-state index contributed by atoms with van der Waals surface area (Å²) >= 11 is 0.